The van der Waals surface area contributed by atoms with E-state index in [1.807, 2.05) is 61.5 Å². The molecule has 0 saturated heterocycles. The molecule has 134 valence electrons. The van der Waals surface area contributed by atoms with Crippen molar-refractivity contribution in [1.82, 2.24) is 0 Å². The molecule has 0 radical (unpaired) electrons. The Morgan fingerprint density at radius 3 is 2.65 bits per heavy atom. The zero-order chi connectivity index (χ0) is 18.4. The van der Waals surface area contributed by atoms with Crippen LogP contribution < -0.4 is 10.2 Å². The second-order valence-corrected chi connectivity index (χ2v) is 5.66. The van der Waals surface area contributed by atoms with Gasteiger partial charge in [-0.05, 0) is 53.6 Å². The molecule has 3 aromatic rings. The normalized spacial score (nSPS) is 10.8. The maximum atomic E-state index is 10.3. The highest BCUT2D eigenvalue weighted by molar-refractivity contribution is 5.88. The second-order valence-electron chi connectivity index (χ2n) is 5.66. The topological polar surface area (TPSA) is 72.3 Å². The van der Waals surface area contributed by atoms with Gasteiger partial charge in [0.25, 0.3) is 0 Å². The van der Waals surface area contributed by atoms with E-state index in [-0.39, 0.29) is 12.4 Å². The van der Waals surface area contributed by atoms with E-state index in [0.29, 0.717) is 5.56 Å². The van der Waals surface area contributed by atoms with Gasteiger partial charge in [-0.25, -0.2) is 5.48 Å². The fraction of sp³-hybridized carbons (Fsp3) is 0.150. The molecule has 0 heterocycles. The first-order valence-corrected chi connectivity index (χ1v) is 8.08. The minimum atomic E-state index is 0.139. The number of methoxy groups -OCH3 is 1. The van der Waals surface area contributed by atoms with Crippen molar-refractivity contribution in [3.63, 3.8) is 0 Å². The lowest BCUT2D eigenvalue weighted by Gasteiger charge is -2.10. The molecule has 0 amide bonds. The lowest BCUT2D eigenvalue weighted by molar-refractivity contribution is 0.123. The van der Waals surface area contributed by atoms with Crippen LogP contribution >= 0.6 is 0 Å². The Morgan fingerprint density at radius 1 is 1.12 bits per heavy atom. The van der Waals surface area contributed by atoms with Gasteiger partial charge in [0, 0.05) is 5.56 Å². The molecular formula is C20H20N2O4. The number of nitrogens with zero attached hydrogens (tertiary/aromatic N) is 1. The van der Waals surface area contributed by atoms with Gasteiger partial charge in [-0.15, -0.1) is 0 Å². The molecule has 3 rings (SSSR count). The molecule has 26 heavy (non-hydrogen) atoms. The van der Waals surface area contributed by atoms with Gasteiger partial charge < -0.3 is 19.5 Å². The number of hydrogen-bond donors (Lipinski definition) is 2. The summed E-state index contributed by atoms with van der Waals surface area (Å²) in [6.07, 6.45) is 1.15. The number of fused-ring (bicyclic) bond motifs is 1. The summed E-state index contributed by atoms with van der Waals surface area (Å²) in [5, 5.41) is 16.1. The zero-order valence-corrected chi connectivity index (χ0v) is 14.6. The number of oxime groups is 1. The summed E-state index contributed by atoms with van der Waals surface area (Å²) in [5.74, 6) is 0.981. The molecule has 0 aliphatic rings. The number of aromatic hydroxyl groups is 1. The van der Waals surface area contributed by atoms with Crippen LogP contribution in [0.3, 0.4) is 0 Å². The average molecular weight is 352 g/mol. The molecule has 0 fully saturated rings. The predicted octanol–water partition coefficient (Wildman–Crippen LogP) is 4.37. The fourth-order valence-electron chi connectivity index (χ4n) is 2.61. The Kier molecular flexibility index (Phi) is 5.43. The zero-order valence-electron chi connectivity index (χ0n) is 14.6. The predicted molar refractivity (Wildman–Crippen MR) is 101 cm³/mol. The molecular weight excluding hydrogens is 332 g/mol. The minimum Gasteiger partial charge on any atom is -0.507 e. The van der Waals surface area contributed by atoms with Gasteiger partial charge >= 0.3 is 0 Å². The van der Waals surface area contributed by atoms with Crippen molar-refractivity contribution in [2.75, 3.05) is 12.6 Å². The van der Waals surface area contributed by atoms with Crippen LogP contribution in [0.4, 0.5) is 5.69 Å². The van der Waals surface area contributed by atoms with Crippen LogP contribution in [-0.4, -0.2) is 18.6 Å². The molecule has 0 atom stereocenters. The van der Waals surface area contributed by atoms with Crippen LogP contribution in [0.1, 0.15) is 11.1 Å². The van der Waals surface area contributed by atoms with E-state index < -0.39 is 0 Å². The van der Waals surface area contributed by atoms with Gasteiger partial charge in [0.05, 0.1) is 12.8 Å². The fourth-order valence-corrected chi connectivity index (χ4v) is 2.61. The van der Waals surface area contributed by atoms with E-state index in [0.717, 1.165) is 34.2 Å². The summed E-state index contributed by atoms with van der Waals surface area (Å²) in [6, 6.07) is 17.0. The first-order chi connectivity index (χ1) is 12.7. The third-order valence-electron chi connectivity index (χ3n) is 4.01. The van der Waals surface area contributed by atoms with Gasteiger partial charge in [0.1, 0.15) is 18.1 Å². The van der Waals surface area contributed by atoms with Gasteiger partial charge in [-0.1, -0.05) is 29.4 Å². The highest BCUT2D eigenvalue weighted by Crippen LogP contribution is 2.30. The van der Waals surface area contributed by atoms with E-state index >= 15 is 0 Å². The second kappa shape index (κ2) is 8.11. The van der Waals surface area contributed by atoms with Crippen molar-refractivity contribution in [3.05, 3.63) is 65.7 Å². The van der Waals surface area contributed by atoms with Crippen molar-refractivity contribution in [2.24, 2.45) is 5.16 Å². The number of phenolic OH excluding ortho intramolecular Hbond substituents is 1. The van der Waals surface area contributed by atoms with Gasteiger partial charge in [-0.3, -0.25) is 0 Å². The monoisotopic (exact) mass is 352 g/mol. The summed E-state index contributed by atoms with van der Waals surface area (Å²) in [7, 11) is 1.61. The number of aryl methyl sites for hydroxylation is 1. The van der Waals surface area contributed by atoms with Gasteiger partial charge in [-0.2, -0.15) is 0 Å². The first-order valence-electron chi connectivity index (χ1n) is 8.08. The third-order valence-corrected chi connectivity index (χ3v) is 4.01. The van der Waals surface area contributed by atoms with Crippen LogP contribution in [0, 0.1) is 6.92 Å². The molecule has 6 nitrogen and oxygen atoms in total. The quantitative estimate of drug-likeness (QED) is 0.375. The minimum absolute atomic E-state index is 0.139. The highest BCUT2D eigenvalue weighted by Gasteiger charge is 2.09. The Balaban J connectivity index is 1.53. The van der Waals surface area contributed by atoms with E-state index in [9.17, 15) is 5.11 Å². The number of rotatable bonds is 7. The van der Waals surface area contributed by atoms with Gasteiger partial charge in [0.2, 0.25) is 6.40 Å². The van der Waals surface area contributed by atoms with Crippen molar-refractivity contribution in [3.8, 4) is 11.5 Å². The van der Waals surface area contributed by atoms with E-state index in [1.54, 1.807) is 7.11 Å². The average Bonchev–Trinajstić information content (AvgIpc) is 2.68. The molecule has 0 aliphatic carbocycles. The summed E-state index contributed by atoms with van der Waals surface area (Å²) in [6.45, 7) is 2.02. The summed E-state index contributed by atoms with van der Waals surface area (Å²) >= 11 is 0. The Labute approximate surface area is 151 Å². The van der Waals surface area contributed by atoms with Crippen molar-refractivity contribution < 1.29 is 19.5 Å². The Bertz CT molecular complexity index is 908. The third kappa shape index (κ3) is 3.97. The van der Waals surface area contributed by atoms with E-state index in [2.05, 4.69) is 10.6 Å². The Morgan fingerprint density at radius 2 is 1.88 bits per heavy atom. The molecule has 0 aliphatic heterocycles. The maximum absolute atomic E-state index is 10.3. The lowest BCUT2D eigenvalue weighted by Crippen LogP contribution is -1.99. The van der Waals surface area contributed by atoms with Crippen molar-refractivity contribution in [1.29, 1.82) is 0 Å². The number of nitrogens with one attached hydrogen (secondary N) is 1. The van der Waals surface area contributed by atoms with Gasteiger partial charge in [0.15, 0.2) is 0 Å². The molecule has 2 N–H and O–H groups in total. The smallest absolute Gasteiger partial charge is 0.245 e. The number of ether oxygens (including phenoxy) is 1. The molecule has 0 aromatic heterocycles. The summed E-state index contributed by atoms with van der Waals surface area (Å²) < 4.78 is 5.08. The number of phenols is 1. The maximum Gasteiger partial charge on any atom is 0.245 e. The lowest BCUT2D eigenvalue weighted by atomic mass is 10.0. The number of benzene rings is 3. The number of anilines is 1. The van der Waals surface area contributed by atoms with E-state index in [4.69, 9.17) is 14.4 Å². The van der Waals surface area contributed by atoms with Crippen molar-refractivity contribution in [2.45, 2.75) is 13.5 Å². The summed E-state index contributed by atoms with van der Waals surface area (Å²) in [5.41, 5.74) is 4.95. The first kappa shape index (κ1) is 17.4. The molecule has 0 unspecified atom stereocenters. The number of hydrogen-bond acceptors (Lipinski definition) is 6. The highest BCUT2D eigenvalue weighted by atomic mass is 16.7. The standard InChI is InChI=1S/C20H20N2O4/c1-14-19-6-4-3-5-15(19)11-16(20(14)23)12-25-21-13-26-22-17-7-9-18(24-2)10-8-17/h3-11,13,22-23H,12H2,1-2H3. The van der Waals surface area contributed by atoms with Crippen LogP contribution in [-0.2, 0) is 16.3 Å². The largest absolute Gasteiger partial charge is 0.507 e. The molecule has 0 bridgehead atoms. The van der Waals surface area contributed by atoms with Crippen LogP contribution in [0.25, 0.3) is 10.8 Å². The molecule has 0 saturated carbocycles. The van der Waals surface area contributed by atoms with Crippen LogP contribution in [0.15, 0.2) is 59.8 Å². The van der Waals surface area contributed by atoms with Crippen molar-refractivity contribution >= 4 is 22.9 Å². The molecule has 6 heteroatoms. The summed E-state index contributed by atoms with van der Waals surface area (Å²) in [4.78, 5) is 10.3. The van der Waals surface area contributed by atoms with Crippen LogP contribution in [0.2, 0.25) is 0 Å². The molecule has 3 aromatic carbocycles. The Hall–Kier alpha value is -3.41. The molecule has 0 spiro atoms. The van der Waals surface area contributed by atoms with E-state index in [1.165, 1.54) is 0 Å². The SMILES string of the molecule is COc1ccc(NOC=NOCc2cc3ccccc3c(C)c2O)cc1. The van der Waals surface area contributed by atoms with Crippen LogP contribution in [0.5, 0.6) is 11.5 Å².